The molecule has 21 heavy (non-hydrogen) atoms. The quantitative estimate of drug-likeness (QED) is 0.688. The van der Waals surface area contributed by atoms with E-state index in [0.717, 1.165) is 11.3 Å². The van der Waals surface area contributed by atoms with Gasteiger partial charge in [0.2, 0.25) is 0 Å². The Labute approximate surface area is 132 Å². The van der Waals surface area contributed by atoms with Crippen LogP contribution in [0.4, 0.5) is 0 Å². The minimum absolute atomic E-state index is 0.323. The van der Waals surface area contributed by atoms with Crippen LogP contribution in [0.15, 0.2) is 47.6 Å². The molecule has 0 aliphatic heterocycles. The molecule has 0 saturated heterocycles. The number of benzene rings is 2. The Balaban J connectivity index is 1.99. The van der Waals surface area contributed by atoms with Crippen LogP contribution in [0, 0.1) is 0 Å². The van der Waals surface area contributed by atoms with E-state index in [0.29, 0.717) is 15.6 Å². The van der Waals surface area contributed by atoms with Gasteiger partial charge in [-0.15, -0.1) is 0 Å². The molecule has 0 bridgehead atoms. The smallest absolute Gasteiger partial charge is 0.271 e. The molecule has 2 aromatic rings. The first-order chi connectivity index (χ1) is 10.1. The van der Waals surface area contributed by atoms with E-state index in [-0.39, 0.29) is 5.91 Å². The predicted molar refractivity (Wildman–Crippen MR) is 84.5 cm³/mol. The molecule has 0 aliphatic carbocycles. The molecule has 4 nitrogen and oxygen atoms in total. The molecule has 1 N–H and O–H groups in total. The Morgan fingerprint density at radius 3 is 2.48 bits per heavy atom. The van der Waals surface area contributed by atoms with E-state index < -0.39 is 0 Å². The maximum atomic E-state index is 11.9. The summed E-state index contributed by atoms with van der Waals surface area (Å²) in [7, 11) is 1.60. The molecular formula is C15H12Cl2N2O2. The fraction of sp³-hybridized carbons (Fsp3) is 0.0667. The van der Waals surface area contributed by atoms with Crippen molar-refractivity contribution < 1.29 is 9.53 Å². The molecule has 1 amide bonds. The number of halogens is 2. The van der Waals surface area contributed by atoms with Gasteiger partial charge in [0, 0.05) is 5.56 Å². The monoisotopic (exact) mass is 322 g/mol. The van der Waals surface area contributed by atoms with E-state index in [2.05, 4.69) is 10.5 Å². The largest absolute Gasteiger partial charge is 0.497 e. The maximum absolute atomic E-state index is 11.9. The summed E-state index contributed by atoms with van der Waals surface area (Å²) < 4.78 is 5.05. The highest BCUT2D eigenvalue weighted by atomic mass is 35.5. The van der Waals surface area contributed by atoms with Crippen molar-refractivity contribution in [3.63, 3.8) is 0 Å². The summed E-state index contributed by atoms with van der Waals surface area (Å²) in [5.74, 6) is 0.394. The van der Waals surface area contributed by atoms with Gasteiger partial charge < -0.3 is 4.74 Å². The van der Waals surface area contributed by atoms with Gasteiger partial charge in [-0.05, 0) is 48.0 Å². The van der Waals surface area contributed by atoms with E-state index in [4.69, 9.17) is 27.9 Å². The fourth-order valence-corrected chi connectivity index (χ4v) is 1.86. The van der Waals surface area contributed by atoms with Gasteiger partial charge in [-0.25, -0.2) is 5.43 Å². The van der Waals surface area contributed by atoms with Crippen molar-refractivity contribution in [2.45, 2.75) is 0 Å². The van der Waals surface area contributed by atoms with Crippen molar-refractivity contribution in [1.29, 1.82) is 0 Å². The third-order valence-electron chi connectivity index (χ3n) is 2.68. The second kappa shape index (κ2) is 7.11. The van der Waals surface area contributed by atoms with Crippen molar-refractivity contribution in [3.8, 4) is 5.75 Å². The molecule has 0 fully saturated rings. The van der Waals surface area contributed by atoms with Crippen LogP contribution in [0.5, 0.6) is 5.75 Å². The van der Waals surface area contributed by atoms with Crippen LogP contribution in [-0.4, -0.2) is 19.2 Å². The van der Waals surface area contributed by atoms with Crippen molar-refractivity contribution in [3.05, 3.63) is 63.6 Å². The Morgan fingerprint density at radius 2 is 1.86 bits per heavy atom. The average Bonchev–Trinajstić information content (AvgIpc) is 2.50. The summed E-state index contributed by atoms with van der Waals surface area (Å²) in [4.78, 5) is 11.9. The average molecular weight is 323 g/mol. The van der Waals surface area contributed by atoms with E-state index in [1.165, 1.54) is 12.3 Å². The van der Waals surface area contributed by atoms with E-state index in [9.17, 15) is 4.79 Å². The molecule has 0 radical (unpaired) electrons. The second-order valence-electron chi connectivity index (χ2n) is 4.10. The van der Waals surface area contributed by atoms with Crippen LogP contribution >= 0.6 is 23.2 Å². The molecule has 2 aromatic carbocycles. The topological polar surface area (TPSA) is 50.7 Å². The number of ether oxygens (including phenoxy) is 1. The van der Waals surface area contributed by atoms with Crippen LogP contribution in [0.3, 0.4) is 0 Å². The van der Waals surface area contributed by atoms with Crippen molar-refractivity contribution in [2.75, 3.05) is 7.11 Å². The van der Waals surface area contributed by atoms with Crippen LogP contribution in [-0.2, 0) is 0 Å². The van der Waals surface area contributed by atoms with Gasteiger partial charge in [-0.1, -0.05) is 23.2 Å². The number of methoxy groups -OCH3 is 1. The normalized spacial score (nSPS) is 10.6. The third kappa shape index (κ3) is 4.21. The van der Waals surface area contributed by atoms with Gasteiger partial charge in [0.05, 0.1) is 23.4 Å². The summed E-state index contributed by atoms with van der Waals surface area (Å²) >= 11 is 11.6. The number of nitrogens with zero attached hydrogens (tertiary/aromatic N) is 1. The first kappa shape index (κ1) is 15.4. The lowest BCUT2D eigenvalue weighted by Crippen LogP contribution is -2.17. The lowest BCUT2D eigenvalue weighted by atomic mass is 10.2. The van der Waals surface area contributed by atoms with Gasteiger partial charge in [-0.2, -0.15) is 5.10 Å². The van der Waals surface area contributed by atoms with Crippen molar-refractivity contribution in [2.24, 2.45) is 5.10 Å². The molecule has 0 saturated carbocycles. The molecule has 0 spiro atoms. The Bertz CT molecular complexity index is 670. The molecule has 0 atom stereocenters. The molecule has 108 valence electrons. The number of carbonyl (C=O) groups excluding carboxylic acids is 1. The zero-order valence-electron chi connectivity index (χ0n) is 11.1. The zero-order valence-corrected chi connectivity index (χ0v) is 12.7. The van der Waals surface area contributed by atoms with Crippen molar-refractivity contribution >= 4 is 35.3 Å². The lowest BCUT2D eigenvalue weighted by Gasteiger charge is -2.02. The summed E-state index contributed by atoms with van der Waals surface area (Å²) in [6.07, 6.45) is 1.54. The Kier molecular flexibility index (Phi) is 5.20. The van der Waals surface area contributed by atoms with Crippen molar-refractivity contribution in [1.82, 2.24) is 5.43 Å². The highest BCUT2D eigenvalue weighted by molar-refractivity contribution is 6.42. The molecule has 0 unspecified atom stereocenters. The van der Waals surface area contributed by atoms with Gasteiger partial charge in [0.15, 0.2) is 0 Å². The molecule has 0 aromatic heterocycles. The van der Waals surface area contributed by atoms with E-state index in [1.807, 2.05) is 24.3 Å². The number of carbonyl (C=O) groups is 1. The molecule has 0 heterocycles. The Hall–Kier alpha value is -2.04. The highest BCUT2D eigenvalue weighted by Gasteiger charge is 2.06. The fourth-order valence-electron chi connectivity index (χ4n) is 1.56. The van der Waals surface area contributed by atoms with Gasteiger partial charge in [0.1, 0.15) is 5.75 Å². The molecule has 6 heteroatoms. The molecular weight excluding hydrogens is 311 g/mol. The standard InChI is InChI=1S/C15H12Cl2N2O2/c1-21-12-5-2-10(3-6-12)9-18-19-15(20)11-4-7-13(16)14(17)8-11/h2-9H,1H3,(H,19,20)/b18-9-. The van der Waals surface area contributed by atoms with Gasteiger partial charge >= 0.3 is 0 Å². The van der Waals surface area contributed by atoms with Crippen LogP contribution in [0.25, 0.3) is 0 Å². The molecule has 0 aliphatic rings. The number of rotatable bonds is 4. The van der Waals surface area contributed by atoms with Crippen LogP contribution < -0.4 is 10.2 Å². The van der Waals surface area contributed by atoms with E-state index in [1.54, 1.807) is 19.2 Å². The number of hydrazone groups is 1. The summed E-state index contributed by atoms with van der Waals surface area (Å²) in [5.41, 5.74) is 3.64. The summed E-state index contributed by atoms with van der Waals surface area (Å²) in [6.45, 7) is 0. The highest BCUT2D eigenvalue weighted by Crippen LogP contribution is 2.22. The first-order valence-electron chi connectivity index (χ1n) is 6.02. The zero-order chi connectivity index (χ0) is 15.2. The maximum Gasteiger partial charge on any atom is 0.271 e. The molecule has 2 rings (SSSR count). The third-order valence-corrected chi connectivity index (χ3v) is 3.42. The van der Waals surface area contributed by atoms with Crippen LogP contribution in [0.2, 0.25) is 10.0 Å². The lowest BCUT2D eigenvalue weighted by molar-refractivity contribution is 0.0955. The number of hydrogen-bond acceptors (Lipinski definition) is 3. The second-order valence-corrected chi connectivity index (χ2v) is 4.92. The summed E-state index contributed by atoms with van der Waals surface area (Å²) in [6, 6.07) is 11.9. The van der Waals surface area contributed by atoms with E-state index >= 15 is 0 Å². The number of amides is 1. The van der Waals surface area contributed by atoms with Gasteiger partial charge in [-0.3, -0.25) is 4.79 Å². The minimum atomic E-state index is -0.363. The first-order valence-corrected chi connectivity index (χ1v) is 6.78. The van der Waals surface area contributed by atoms with Gasteiger partial charge in [0.25, 0.3) is 5.91 Å². The predicted octanol–water partition coefficient (Wildman–Crippen LogP) is 3.77. The number of hydrogen-bond donors (Lipinski definition) is 1. The SMILES string of the molecule is COc1ccc(/C=N\NC(=O)c2ccc(Cl)c(Cl)c2)cc1. The summed E-state index contributed by atoms with van der Waals surface area (Å²) in [5, 5.41) is 4.60. The van der Waals surface area contributed by atoms with Crippen LogP contribution in [0.1, 0.15) is 15.9 Å². The minimum Gasteiger partial charge on any atom is -0.497 e. The Morgan fingerprint density at radius 1 is 1.14 bits per heavy atom. The number of nitrogens with one attached hydrogen (secondary N) is 1.